The van der Waals surface area contributed by atoms with Gasteiger partial charge in [-0.2, -0.15) is 5.10 Å². The van der Waals surface area contributed by atoms with E-state index in [2.05, 4.69) is 36.0 Å². The number of halogens is 1. The van der Waals surface area contributed by atoms with Gasteiger partial charge in [0.05, 0.1) is 11.4 Å². The summed E-state index contributed by atoms with van der Waals surface area (Å²) >= 11 is 0. The number of aromatic nitrogens is 4. The zero-order chi connectivity index (χ0) is 29.4. The molecule has 2 amide bonds. The van der Waals surface area contributed by atoms with E-state index in [0.717, 1.165) is 5.56 Å². The fraction of sp³-hybridized carbons (Fsp3) is 0.161. The van der Waals surface area contributed by atoms with Crippen LogP contribution in [0.4, 0.5) is 15.9 Å². The van der Waals surface area contributed by atoms with E-state index in [9.17, 15) is 14.0 Å². The number of hydrogen-bond acceptors (Lipinski definition) is 7. The first-order valence-electron chi connectivity index (χ1n) is 13.4. The standard InChI is InChI=1S/C31H27FN8O2/c1-17(2)35-23-15-18(3)21(16-34-23)27-24(29-33-13-8-14-40(29)39-27)30(41)38-28-31(42)37-26-20(11-7-12-22(26)32)25(36-28)19-9-5-4-6-10-19/h4-17,28H,1-3H3,(H,34,35)(H,37,42)(H,38,41)/t28-/m1/s1. The number of rotatable bonds is 6. The fourth-order valence-corrected chi connectivity index (χ4v) is 4.88. The predicted molar refractivity (Wildman–Crippen MR) is 158 cm³/mol. The molecule has 0 aliphatic carbocycles. The Kier molecular flexibility index (Phi) is 6.91. The number of nitrogens with zero attached hydrogens (tertiary/aromatic N) is 5. The summed E-state index contributed by atoms with van der Waals surface area (Å²) in [6, 6.07) is 17.4. The summed E-state index contributed by atoms with van der Waals surface area (Å²) in [6.07, 6.45) is 3.52. The minimum Gasteiger partial charge on any atom is -0.368 e. The quantitative estimate of drug-likeness (QED) is 0.278. The van der Waals surface area contributed by atoms with E-state index in [4.69, 9.17) is 0 Å². The SMILES string of the molecule is Cc1cc(NC(C)C)ncc1-c1nn2cccnc2c1C(=O)N[C@H]1N=C(c2ccccc2)c2cccc(F)c2NC1=O. The van der Waals surface area contributed by atoms with E-state index in [1.807, 2.05) is 57.2 Å². The lowest BCUT2D eigenvalue weighted by molar-refractivity contribution is -0.117. The topological polar surface area (TPSA) is 126 Å². The Morgan fingerprint density at radius 3 is 2.62 bits per heavy atom. The van der Waals surface area contributed by atoms with E-state index in [-0.39, 0.29) is 17.3 Å². The molecule has 6 rings (SSSR count). The monoisotopic (exact) mass is 562 g/mol. The van der Waals surface area contributed by atoms with Crippen LogP contribution in [-0.4, -0.2) is 49.3 Å². The Morgan fingerprint density at radius 2 is 1.86 bits per heavy atom. The number of nitrogens with one attached hydrogen (secondary N) is 3. The molecule has 1 atom stereocenters. The highest BCUT2D eigenvalue weighted by Crippen LogP contribution is 2.30. The van der Waals surface area contributed by atoms with Crippen molar-refractivity contribution in [1.29, 1.82) is 0 Å². The lowest BCUT2D eigenvalue weighted by Gasteiger charge is -2.14. The Labute approximate surface area is 240 Å². The highest BCUT2D eigenvalue weighted by molar-refractivity contribution is 6.20. The molecule has 0 radical (unpaired) electrons. The molecule has 0 spiro atoms. The second kappa shape index (κ2) is 10.8. The van der Waals surface area contributed by atoms with Gasteiger partial charge in [0.25, 0.3) is 11.8 Å². The molecule has 5 aromatic rings. The third kappa shape index (κ3) is 4.96. The maximum absolute atomic E-state index is 14.9. The van der Waals surface area contributed by atoms with Crippen LogP contribution in [0.2, 0.25) is 0 Å². The van der Waals surface area contributed by atoms with E-state index in [1.165, 1.54) is 10.6 Å². The number of amides is 2. The molecule has 0 bridgehead atoms. The summed E-state index contributed by atoms with van der Waals surface area (Å²) in [6.45, 7) is 5.94. The van der Waals surface area contributed by atoms with Crippen LogP contribution in [0.15, 0.2) is 84.2 Å². The van der Waals surface area contributed by atoms with Crippen LogP contribution >= 0.6 is 0 Å². The maximum atomic E-state index is 14.9. The van der Waals surface area contributed by atoms with Gasteiger partial charge in [-0.15, -0.1) is 0 Å². The second-order valence-electron chi connectivity index (χ2n) is 10.2. The molecule has 0 saturated heterocycles. The van der Waals surface area contributed by atoms with Crippen LogP contribution in [0.1, 0.15) is 40.9 Å². The lowest BCUT2D eigenvalue weighted by Crippen LogP contribution is -2.42. The van der Waals surface area contributed by atoms with Crippen LogP contribution in [0.25, 0.3) is 16.9 Å². The number of benzene rings is 2. The van der Waals surface area contributed by atoms with Gasteiger partial charge in [-0.25, -0.2) is 23.9 Å². The van der Waals surface area contributed by atoms with Crippen LogP contribution in [0.5, 0.6) is 0 Å². The van der Waals surface area contributed by atoms with Gasteiger partial charge in [0.15, 0.2) is 5.65 Å². The largest absolute Gasteiger partial charge is 0.368 e. The summed E-state index contributed by atoms with van der Waals surface area (Å²) in [4.78, 5) is 40.9. The van der Waals surface area contributed by atoms with Crippen molar-refractivity contribution in [1.82, 2.24) is 24.9 Å². The number of benzodiazepines with no additional fused rings is 1. The molecule has 3 N–H and O–H groups in total. The van der Waals surface area contributed by atoms with Crippen molar-refractivity contribution in [3.63, 3.8) is 0 Å². The Hall–Kier alpha value is -5.45. The summed E-state index contributed by atoms with van der Waals surface area (Å²) in [5, 5.41) is 13.3. The minimum atomic E-state index is -1.37. The molecule has 4 heterocycles. The molecular weight excluding hydrogens is 535 g/mol. The molecule has 1 aliphatic rings. The number of carbonyl (C=O) groups is 2. The molecule has 1 aliphatic heterocycles. The van der Waals surface area contributed by atoms with Crippen molar-refractivity contribution in [2.24, 2.45) is 4.99 Å². The Balaban J connectivity index is 1.43. The van der Waals surface area contributed by atoms with Gasteiger partial charge >= 0.3 is 0 Å². The third-order valence-corrected chi connectivity index (χ3v) is 6.76. The van der Waals surface area contributed by atoms with Gasteiger partial charge in [0.2, 0.25) is 6.17 Å². The number of anilines is 2. The Bertz CT molecular complexity index is 1870. The number of carbonyl (C=O) groups excluding carboxylic acids is 2. The minimum absolute atomic E-state index is 0.00279. The fourth-order valence-electron chi connectivity index (χ4n) is 4.88. The number of aryl methyl sites for hydroxylation is 1. The normalized spacial score (nSPS) is 14.6. The van der Waals surface area contributed by atoms with Crippen molar-refractivity contribution < 1.29 is 14.0 Å². The van der Waals surface area contributed by atoms with Crippen LogP contribution < -0.4 is 16.0 Å². The molecule has 42 heavy (non-hydrogen) atoms. The summed E-state index contributed by atoms with van der Waals surface area (Å²) in [5.41, 5.74) is 3.70. The molecule has 0 unspecified atom stereocenters. The number of pyridine rings is 1. The van der Waals surface area contributed by atoms with Gasteiger partial charge < -0.3 is 16.0 Å². The smallest absolute Gasteiger partial charge is 0.269 e. The molecule has 210 valence electrons. The first-order valence-corrected chi connectivity index (χ1v) is 13.4. The highest BCUT2D eigenvalue weighted by atomic mass is 19.1. The second-order valence-corrected chi connectivity index (χ2v) is 10.2. The third-order valence-electron chi connectivity index (χ3n) is 6.76. The van der Waals surface area contributed by atoms with Crippen LogP contribution in [0, 0.1) is 12.7 Å². The van der Waals surface area contributed by atoms with E-state index in [1.54, 1.807) is 36.8 Å². The summed E-state index contributed by atoms with van der Waals surface area (Å²) < 4.78 is 16.4. The lowest BCUT2D eigenvalue weighted by atomic mass is 10.0. The summed E-state index contributed by atoms with van der Waals surface area (Å²) in [5.74, 6) is -1.22. The maximum Gasteiger partial charge on any atom is 0.269 e. The molecular formula is C31H27FN8O2. The first-order chi connectivity index (χ1) is 20.3. The average molecular weight is 563 g/mol. The number of aliphatic imine (C=N–C) groups is 1. The number of fused-ring (bicyclic) bond motifs is 2. The van der Waals surface area contributed by atoms with Gasteiger partial charge in [0.1, 0.15) is 22.9 Å². The van der Waals surface area contributed by atoms with Gasteiger partial charge in [-0.05, 0) is 44.5 Å². The van der Waals surface area contributed by atoms with E-state index < -0.39 is 23.8 Å². The zero-order valence-corrected chi connectivity index (χ0v) is 23.1. The van der Waals surface area contributed by atoms with Crippen molar-refractivity contribution in [3.8, 4) is 11.3 Å². The van der Waals surface area contributed by atoms with Gasteiger partial charge in [-0.3, -0.25) is 9.59 Å². The van der Waals surface area contributed by atoms with Crippen molar-refractivity contribution in [2.75, 3.05) is 10.6 Å². The molecule has 11 heteroatoms. The van der Waals surface area contributed by atoms with Crippen molar-refractivity contribution >= 4 is 34.7 Å². The average Bonchev–Trinajstić information content (AvgIpc) is 3.29. The first kappa shape index (κ1) is 26.8. The predicted octanol–water partition coefficient (Wildman–Crippen LogP) is 4.60. The van der Waals surface area contributed by atoms with E-state index >= 15 is 0 Å². The molecule has 0 fully saturated rings. The number of para-hydroxylation sites is 1. The number of hydrogen-bond donors (Lipinski definition) is 3. The highest BCUT2D eigenvalue weighted by Gasteiger charge is 2.31. The molecule has 2 aromatic carbocycles. The Morgan fingerprint density at radius 1 is 1.05 bits per heavy atom. The van der Waals surface area contributed by atoms with Gasteiger partial charge in [0, 0.05) is 41.3 Å². The zero-order valence-electron chi connectivity index (χ0n) is 23.1. The van der Waals surface area contributed by atoms with Gasteiger partial charge in [-0.1, -0.05) is 42.5 Å². The van der Waals surface area contributed by atoms with E-state index in [0.29, 0.717) is 39.6 Å². The van der Waals surface area contributed by atoms with Crippen molar-refractivity contribution in [3.05, 3.63) is 107 Å². The molecule has 3 aromatic heterocycles. The van der Waals surface area contributed by atoms with Crippen LogP contribution in [0.3, 0.4) is 0 Å². The van der Waals surface area contributed by atoms with Crippen LogP contribution in [-0.2, 0) is 4.79 Å². The molecule has 10 nitrogen and oxygen atoms in total. The summed E-state index contributed by atoms with van der Waals surface area (Å²) in [7, 11) is 0. The van der Waals surface area contributed by atoms with Crippen molar-refractivity contribution in [2.45, 2.75) is 33.0 Å². The molecule has 0 saturated carbocycles.